The Kier molecular flexibility index (Phi) is 6.18. The van der Waals surface area contributed by atoms with Crippen molar-refractivity contribution in [1.82, 2.24) is 4.90 Å². The van der Waals surface area contributed by atoms with Crippen LogP contribution in [0.4, 0.5) is 8.78 Å². The molecule has 0 amide bonds. The number of rotatable bonds is 7. The van der Waals surface area contributed by atoms with Gasteiger partial charge in [0.2, 0.25) is 0 Å². The van der Waals surface area contributed by atoms with Gasteiger partial charge in [0, 0.05) is 37.9 Å². The predicted octanol–water partition coefficient (Wildman–Crippen LogP) is 1.93. The summed E-state index contributed by atoms with van der Waals surface area (Å²) in [6.45, 7) is 4.18. The first-order valence-corrected chi connectivity index (χ1v) is 6.02. The molecule has 0 spiro atoms. The number of benzene rings is 1. The summed E-state index contributed by atoms with van der Waals surface area (Å²) in [5.74, 6) is -1.13. The van der Waals surface area contributed by atoms with Gasteiger partial charge in [-0.25, -0.2) is 8.78 Å². The Morgan fingerprint density at radius 1 is 1.39 bits per heavy atom. The molecule has 0 bridgehead atoms. The largest absolute Gasteiger partial charge is 0.383 e. The van der Waals surface area contributed by atoms with Crippen molar-refractivity contribution in [2.45, 2.75) is 13.0 Å². The van der Waals surface area contributed by atoms with Crippen LogP contribution in [-0.4, -0.2) is 38.3 Å². The fourth-order valence-corrected chi connectivity index (χ4v) is 1.99. The van der Waals surface area contributed by atoms with Gasteiger partial charge in [0.05, 0.1) is 6.61 Å². The van der Waals surface area contributed by atoms with E-state index in [2.05, 4.69) is 0 Å². The van der Waals surface area contributed by atoms with Crippen LogP contribution < -0.4 is 5.73 Å². The molecule has 0 saturated heterocycles. The molecule has 1 unspecified atom stereocenters. The molecule has 2 N–H and O–H groups in total. The Hall–Kier alpha value is -1.04. The molecule has 0 aliphatic heterocycles. The van der Waals surface area contributed by atoms with Crippen molar-refractivity contribution >= 4 is 0 Å². The third-order valence-corrected chi connectivity index (χ3v) is 2.97. The lowest BCUT2D eigenvalue weighted by atomic mass is 10.0. The zero-order valence-electron chi connectivity index (χ0n) is 10.8. The molecular weight excluding hydrogens is 238 g/mol. The zero-order chi connectivity index (χ0) is 13.5. The Balaban J connectivity index is 2.92. The van der Waals surface area contributed by atoms with Crippen LogP contribution in [0.3, 0.4) is 0 Å². The topological polar surface area (TPSA) is 38.5 Å². The van der Waals surface area contributed by atoms with E-state index in [1.165, 1.54) is 12.1 Å². The van der Waals surface area contributed by atoms with Crippen molar-refractivity contribution < 1.29 is 13.5 Å². The fraction of sp³-hybridized carbons (Fsp3) is 0.538. The van der Waals surface area contributed by atoms with E-state index in [4.69, 9.17) is 10.5 Å². The van der Waals surface area contributed by atoms with E-state index < -0.39 is 11.6 Å². The van der Waals surface area contributed by atoms with Crippen molar-refractivity contribution in [2.24, 2.45) is 5.73 Å². The molecule has 5 heteroatoms. The van der Waals surface area contributed by atoms with Gasteiger partial charge in [0.25, 0.3) is 0 Å². The molecule has 0 saturated carbocycles. The standard InChI is InChI=1S/C13H20F2N2O/c1-3-17(6-7-18-2)13(9-16)11-5-4-10(14)8-12(11)15/h4-5,8,13H,3,6-7,9,16H2,1-2H3. The highest BCUT2D eigenvalue weighted by Crippen LogP contribution is 2.22. The minimum Gasteiger partial charge on any atom is -0.383 e. The lowest BCUT2D eigenvalue weighted by Gasteiger charge is -2.30. The van der Waals surface area contributed by atoms with E-state index in [1.807, 2.05) is 11.8 Å². The average molecular weight is 258 g/mol. The normalized spacial score (nSPS) is 13.0. The van der Waals surface area contributed by atoms with Crippen molar-refractivity contribution in [2.75, 3.05) is 33.4 Å². The SMILES string of the molecule is CCN(CCOC)C(CN)c1ccc(F)cc1F. The molecule has 1 aromatic carbocycles. The van der Waals surface area contributed by atoms with Crippen LogP contribution in [0.1, 0.15) is 18.5 Å². The van der Waals surface area contributed by atoms with E-state index >= 15 is 0 Å². The summed E-state index contributed by atoms with van der Waals surface area (Å²) in [7, 11) is 1.61. The highest BCUT2D eigenvalue weighted by molar-refractivity contribution is 5.22. The summed E-state index contributed by atoms with van der Waals surface area (Å²) < 4.78 is 31.7. The Labute approximate surface area is 107 Å². The van der Waals surface area contributed by atoms with Crippen LogP contribution >= 0.6 is 0 Å². The summed E-state index contributed by atoms with van der Waals surface area (Å²) in [5.41, 5.74) is 6.14. The molecule has 18 heavy (non-hydrogen) atoms. The lowest BCUT2D eigenvalue weighted by molar-refractivity contribution is 0.124. The fourth-order valence-electron chi connectivity index (χ4n) is 1.99. The minimum absolute atomic E-state index is 0.259. The maximum absolute atomic E-state index is 13.8. The quantitative estimate of drug-likeness (QED) is 0.812. The van der Waals surface area contributed by atoms with Gasteiger partial charge in [-0.1, -0.05) is 13.0 Å². The highest BCUT2D eigenvalue weighted by atomic mass is 19.1. The molecule has 1 rings (SSSR count). The number of methoxy groups -OCH3 is 1. The van der Waals surface area contributed by atoms with Crippen molar-refractivity contribution in [1.29, 1.82) is 0 Å². The van der Waals surface area contributed by atoms with E-state index in [0.717, 1.165) is 12.6 Å². The summed E-state index contributed by atoms with van der Waals surface area (Å²) in [4.78, 5) is 2.01. The molecule has 0 heterocycles. The highest BCUT2D eigenvalue weighted by Gasteiger charge is 2.20. The van der Waals surface area contributed by atoms with E-state index in [1.54, 1.807) is 7.11 Å². The smallest absolute Gasteiger partial charge is 0.130 e. The van der Waals surface area contributed by atoms with Gasteiger partial charge in [0.1, 0.15) is 11.6 Å². The lowest BCUT2D eigenvalue weighted by Crippen LogP contribution is -2.36. The molecule has 0 aromatic heterocycles. The maximum atomic E-state index is 13.8. The van der Waals surface area contributed by atoms with E-state index in [0.29, 0.717) is 18.7 Å². The van der Waals surface area contributed by atoms with Crippen LogP contribution in [0.2, 0.25) is 0 Å². The molecule has 102 valence electrons. The van der Waals surface area contributed by atoms with Gasteiger partial charge in [-0.15, -0.1) is 0 Å². The van der Waals surface area contributed by atoms with Crippen molar-refractivity contribution in [3.8, 4) is 0 Å². The summed E-state index contributed by atoms with van der Waals surface area (Å²) in [6.07, 6.45) is 0. The van der Waals surface area contributed by atoms with Gasteiger partial charge < -0.3 is 10.5 Å². The van der Waals surface area contributed by atoms with Crippen LogP contribution in [0.15, 0.2) is 18.2 Å². The zero-order valence-corrected chi connectivity index (χ0v) is 10.8. The second-order valence-electron chi connectivity index (χ2n) is 4.04. The first-order valence-electron chi connectivity index (χ1n) is 6.02. The second-order valence-corrected chi connectivity index (χ2v) is 4.04. The summed E-state index contributed by atoms with van der Waals surface area (Å²) >= 11 is 0. The third-order valence-electron chi connectivity index (χ3n) is 2.97. The first kappa shape index (κ1) is 15.0. The Morgan fingerprint density at radius 3 is 2.61 bits per heavy atom. The van der Waals surface area contributed by atoms with Gasteiger partial charge in [0.15, 0.2) is 0 Å². The molecule has 0 aliphatic rings. The van der Waals surface area contributed by atoms with Crippen LogP contribution in [0.5, 0.6) is 0 Å². The minimum atomic E-state index is -0.577. The van der Waals surface area contributed by atoms with Gasteiger partial charge in [-0.2, -0.15) is 0 Å². The predicted molar refractivity (Wildman–Crippen MR) is 67.3 cm³/mol. The van der Waals surface area contributed by atoms with Gasteiger partial charge in [-0.3, -0.25) is 4.90 Å². The Morgan fingerprint density at radius 2 is 2.11 bits per heavy atom. The molecular formula is C13H20F2N2O. The van der Waals surface area contributed by atoms with Crippen molar-refractivity contribution in [3.63, 3.8) is 0 Å². The van der Waals surface area contributed by atoms with Crippen LogP contribution in [0, 0.1) is 11.6 Å². The van der Waals surface area contributed by atoms with E-state index in [-0.39, 0.29) is 12.6 Å². The molecule has 1 atom stereocenters. The summed E-state index contributed by atoms with van der Waals surface area (Å²) in [5, 5.41) is 0. The monoisotopic (exact) mass is 258 g/mol. The van der Waals surface area contributed by atoms with E-state index in [9.17, 15) is 8.78 Å². The second kappa shape index (κ2) is 7.41. The number of nitrogens with zero attached hydrogens (tertiary/aromatic N) is 1. The third kappa shape index (κ3) is 3.73. The van der Waals surface area contributed by atoms with Gasteiger partial charge in [-0.05, 0) is 12.6 Å². The Bertz CT molecular complexity index is 374. The average Bonchev–Trinajstić information content (AvgIpc) is 2.36. The number of ether oxygens (including phenoxy) is 1. The number of nitrogens with two attached hydrogens (primary N) is 1. The first-order chi connectivity index (χ1) is 8.63. The number of hydrogen-bond donors (Lipinski definition) is 1. The molecule has 0 radical (unpaired) electrons. The molecule has 3 nitrogen and oxygen atoms in total. The number of halogens is 2. The van der Waals surface area contributed by atoms with Crippen LogP contribution in [0.25, 0.3) is 0 Å². The number of likely N-dealkylation sites (N-methyl/N-ethyl adjacent to an activating group) is 1. The van der Waals surface area contributed by atoms with Gasteiger partial charge >= 0.3 is 0 Å². The molecule has 0 aliphatic carbocycles. The molecule has 1 aromatic rings. The van der Waals surface area contributed by atoms with Crippen molar-refractivity contribution in [3.05, 3.63) is 35.4 Å². The molecule has 0 fully saturated rings. The summed E-state index contributed by atoms with van der Waals surface area (Å²) in [6, 6.07) is 3.34. The van der Waals surface area contributed by atoms with Crippen LogP contribution in [-0.2, 0) is 4.74 Å². The maximum Gasteiger partial charge on any atom is 0.130 e. The number of hydrogen-bond acceptors (Lipinski definition) is 3.